The van der Waals surface area contributed by atoms with Crippen molar-refractivity contribution in [2.75, 3.05) is 0 Å². The molecule has 2 heteroatoms. The zero-order chi connectivity index (χ0) is 11.7. The summed E-state index contributed by atoms with van der Waals surface area (Å²) in [5, 5.41) is 6.21. The Bertz CT molecular complexity index is 1020. The SMILES string of the molecule is c1cc2ccc3c4occc4cc4[nH]c(c1)c2c43. The maximum Gasteiger partial charge on any atom is 0.141 e. The smallest absolute Gasteiger partial charge is 0.141 e. The Morgan fingerprint density at radius 1 is 0.833 bits per heavy atom. The first-order valence-corrected chi connectivity index (χ1v) is 6.04. The molecule has 0 aliphatic carbocycles. The molecule has 0 bridgehead atoms. The van der Waals surface area contributed by atoms with Crippen LogP contribution in [0.2, 0.25) is 0 Å². The van der Waals surface area contributed by atoms with E-state index in [4.69, 9.17) is 4.42 Å². The molecule has 18 heavy (non-hydrogen) atoms. The van der Waals surface area contributed by atoms with E-state index in [1.807, 2.05) is 6.07 Å². The molecular weight excluding hydrogens is 222 g/mol. The Balaban J connectivity index is 2.29. The van der Waals surface area contributed by atoms with Crippen molar-refractivity contribution in [1.82, 2.24) is 4.98 Å². The van der Waals surface area contributed by atoms with Gasteiger partial charge >= 0.3 is 0 Å². The Morgan fingerprint density at radius 3 is 2.83 bits per heavy atom. The average molecular weight is 231 g/mol. The second-order valence-electron chi connectivity index (χ2n) is 4.78. The number of nitrogens with one attached hydrogen (secondary N) is 1. The molecule has 0 saturated heterocycles. The fraction of sp³-hybridized carbons (Fsp3) is 0. The summed E-state index contributed by atoms with van der Waals surface area (Å²) in [6.07, 6.45) is 1.76. The fourth-order valence-corrected chi connectivity index (χ4v) is 3.08. The lowest BCUT2D eigenvalue weighted by Crippen LogP contribution is -1.76. The Hall–Kier alpha value is -2.48. The molecule has 0 unspecified atom stereocenters. The first-order chi connectivity index (χ1) is 8.92. The highest BCUT2D eigenvalue weighted by atomic mass is 16.3. The van der Waals surface area contributed by atoms with Gasteiger partial charge in [-0.3, -0.25) is 0 Å². The van der Waals surface area contributed by atoms with E-state index in [0.717, 1.165) is 11.0 Å². The minimum absolute atomic E-state index is 0.981. The van der Waals surface area contributed by atoms with Crippen molar-refractivity contribution in [2.45, 2.75) is 0 Å². The van der Waals surface area contributed by atoms with Crippen LogP contribution in [0.15, 0.2) is 53.1 Å². The number of rotatable bonds is 0. The molecule has 0 amide bonds. The first-order valence-electron chi connectivity index (χ1n) is 6.04. The van der Waals surface area contributed by atoms with Gasteiger partial charge in [0.1, 0.15) is 5.58 Å². The molecule has 5 rings (SSSR count). The van der Waals surface area contributed by atoms with E-state index in [-0.39, 0.29) is 0 Å². The second kappa shape index (κ2) is 2.67. The van der Waals surface area contributed by atoms with E-state index in [2.05, 4.69) is 41.4 Å². The van der Waals surface area contributed by atoms with Crippen LogP contribution < -0.4 is 0 Å². The van der Waals surface area contributed by atoms with Crippen LogP contribution in [0, 0.1) is 0 Å². The number of hydrogen-bond acceptors (Lipinski definition) is 1. The molecule has 2 heterocycles. The van der Waals surface area contributed by atoms with Gasteiger partial charge in [0.2, 0.25) is 0 Å². The highest BCUT2D eigenvalue weighted by molar-refractivity contribution is 6.28. The highest BCUT2D eigenvalue weighted by Gasteiger charge is 2.13. The topological polar surface area (TPSA) is 28.9 Å². The number of benzene rings is 3. The van der Waals surface area contributed by atoms with Gasteiger partial charge < -0.3 is 9.40 Å². The summed E-state index contributed by atoms with van der Waals surface area (Å²) < 4.78 is 5.63. The molecule has 0 radical (unpaired) electrons. The molecule has 0 spiro atoms. The van der Waals surface area contributed by atoms with Gasteiger partial charge in [-0.2, -0.15) is 0 Å². The lowest BCUT2D eigenvalue weighted by atomic mass is 10.0. The molecule has 1 N–H and O–H groups in total. The van der Waals surface area contributed by atoms with Gasteiger partial charge in [-0.15, -0.1) is 0 Å². The van der Waals surface area contributed by atoms with Crippen LogP contribution >= 0.6 is 0 Å². The van der Waals surface area contributed by atoms with Gasteiger partial charge in [0.15, 0.2) is 0 Å². The van der Waals surface area contributed by atoms with Crippen LogP contribution in [0.4, 0.5) is 0 Å². The van der Waals surface area contributed by atoms with E-state index in [1.54, 1.807) is 6.26 Å². The molecule has 84 valence electrons. The summed E-state index contributed by atoms with van der Waals surface area (Å²) in [4.78, 5) is 3.50. The predicted octanol–water partition coefficient (Wildman–Crippen LogP) is 4.66. The van der Waals surface area contributed by atoms with Crippen molar-refractivity contribution in [1.29, 1.82) is 0 Å². The van der Waals surface area contributed by atoms with Crippen molar-refractivity contribution in [3.8, 4) is 0 Å². The molecule has 0 atom stereocenters. The van der Waals surface area contributed by atoms with Crippen LogP contribution in [0.25, 0.3) is 43.5 Å². The number of fused-ring (bicyclic) bond motifs is 2. The number of aromatic nitrogens is 1. The minimum atomic E-state index is 0.981. The Morgan fingerprint density at radius 2 is 1.83 bits per heavy atom. The number of hydrogen-bond donors (Lipinski definition) is 1. The Labute approximate surface area is 102 Å². The van der Waals surface area contributed by atoms with Gasteiger partial charge in [-0.25, -0.2) is 0 Å². The van der Waals surface area contributed by atoms with E-state index in [9.17, 15) is 0 Å². The molecule has 0 saturated carbocycles. The maximum atomic E-state index is 5.63. The van der Waals surface area contributed by atoms with E-state index in [0.29, 0.717) is 0 Å². The highest BCUT2D eigenvalue weighted by Crippen LogP contribution is 2.38. The van der Waals surface area contributed by atoms with Gasteiger partial charge in [-0.1, -0.05) is 18.2 Å². The van der Waals surface area contributed by atoms with E-state index in [1.165, 1.54) is 32.6 Å². The van der Waals surface area contributed by atoms with Crippen LogP contribution in [0.1, 0.15) is 0 Å². The van der Waals surface area contributed by atoms with Crippen LogP contribution in [0.5, 0.6) is 0 Å². The summed E-state index contributed by atoms with van der Waals surface area (Å²) in [6, 6.07) is 14.9. The van der Waals surface area contributed by atoms with Crippen molar-refractivity contribution in [3.63, 3.8) is 0 Å². The van der Waals surface area contributed by atoms with Crippen LogP contribution in [0.3, 0.4) is 0 Å². The van der Waals surface area contributed by atoms with Crippen molar-refractivity contribution >= 4 is 43.5 Å². The van der Waals surface area contributed by atoms with Gasteiger partial charge in [-0.05, 0) is 29.7 Å². The molecule has 0 aliphatic rings. The number of aromatic amines is 1. The fourth-order valence-electron chi connectivity index (χ4n) is 3.08. The third-order valence-electron chi connectivity index (χ3n) is 3.82. The van der Waals surface area contributed by atoms with Gasteiger partial charge in [0, 0.05) is 32.6 Å². The minimum Gasteiger partial charge on any atom is -0.464 e. The van der Waals surface area contributed by atoms with E-state index < -0.39 is 0 Å². The number of furan rings is 1. The Kier molecular flexibility index (Phi) is 1.27. The average Bonchev–Trinajstić information content (AvgIpc) is 2.99. The third kappa shape index (κ3) is 0.830. The van der Waals surface area contributed by atoms with Crippen molar-refractivity contribution < 1.29 is 4.42 Å². The van der Waals surface area contributed by atoms with Crippen LogP contribution in [-0.4, -0.2) is 4.98 Å². The normalized spacial score (nSPS) is 12.4. The summed E-state index contributed by atoms with van der Waals surface area (Å²) in [6.45, 7) is 0. The maximum absolute atomic E-state index is 5.63. The largest absolute Gasteiger partial charge is 0.464 e. The van der Waals surface area contributed by atoms with E-state index >= 15 is 0 Å². The summed E-state index contributed by atoms with van der Waals surface area (Å²) >= 11 is 0. The van der Waals surface area contributed by atoms with Gasteiger partial charge in [0.25, 0.3) is 0 Å². The monoisotopic (exact) mass is 231 g/mol. The molecule has 0 aliphatic heterocycles. The lowest BCUT2D eigenvalue weighted by Gasteiger charge is -2.02. The zero-order valence-electron chi connectivity index (χ0n) is 9.53. The summed E-state index contributed by atoms with van der Waals surface area (Å²) in [5.74, 6) is 0. The van der Waals surface area contributed by atoms with Crippen molar-refractivity contribution in [2.24, 2.45) is 0 Å². The molecular formula is C16H9NO. The predicted molar refractivity (Wildman–Crippen MR) is 74.3 cm³/mol. The zero-order valence-corrected chi connectivity index (χ0v) is 9.53. The lowest BCUT2D eigenvalue weighted by molar-refractivity contribution is 0.619. The van der Waals surface area contributed by atoms with Gasteiger partial charge in [0.05, 0.1) is 6.26 Å². The second-order valence-corrected chi connectivity index (χ2v) is 4.78. The summed E-state index contributed by atoms with van der Waals surface area (Å²) in [7, 11) is 0. The van der Waals surface area contributed by atoms with Crippen molar-refractivity contribution in [3.05, 3.63) is 48.7 Å². The molecule has 2 aromatic heterocycles. The van der Waals surface area contributed by atoms with Crippen LogP contribution in [-0.2, 0) is 0 Å². The first kappa shape index (κ1) is 8.59. The molecule has 5 aromatic rings. The quantitative estimate of drug-likeness (QED) is 0.386. The number of H-pyrrole nitrogens is 1. The standard InChI is InChI=1S/C16H9NO/c1-2-9-4-5-11-15-13(17-12(3-1)14(9)15)8-10-6-7-18-16(10)11/h1-8,17H. The molecule has 3 aromatic carbocycles. The third-order valence-corrected chi connectivity index (χ3v) is 3.82. The summed E-state index contributed by atoms with van der Waals surface area (Å²) in [5.41, 5.74) is 3.36. The molecule has 0 fully saturated rings. The molecule has 2 nitrogen and oxygen atoms in total.